The molecule has 0 amide bonds. The first kappa shape index (κ1) is 9.00. The second-order valence-corrected chi connectivity index (χ2v) is 2.28. The van der Waals surface area contributed by atoms with Crippen LogP contribution in [0.2, 0.25) is 0 Å². The van der Waals surface area contributed by atoms with Crippen molar-refractivity contribution < 1.29 is 4.39 Å². The predicted octanol–water partition coefficient (Wildman–Crippen LogP) is 0.602. The average Bonchev–Trinajstić information content (AvgIpc) is 2.03. The lowest BCUT2D eigenvalue weighted by atomic mass is 10.2. The molecule has 13 heavy (non-hydrogen) atoms. The van der Waals surface area contributed by atoms with Gasteiger partial charge in [0.15, 0.2) is 5.96 Å². The highest BCUT2D eigenvalue weighted by atomic mass is 19.1. The lowest BCUT2D eigenvalue weighted by Gasteiger charge is -1.98. The zero-order valence-electron chi connectivity index (χ0n) is 6.66. The highest BCUT2D eigenvalue weighted by Gasteiger charge is 2.05. The van der Waals surface area contributed by atoms with E-state index in [2.05, 4.69) is 4.99 Å². The van der Waals surface area contributed by atoms with E-state index in [1.165, 1.54) is 18.2 Å². The second kappa shape index (κ2) is 3.54. The van der Waals surface area contributed by atoms with Gasteiger partial charge < -0.3 is 11.5 Å². The Morgan fingerprint density at radius 2 is 2.15 bits per heavy atom. The van der Waals surface area contributed by atoms with E-state index in [1.54, 1.807) is 6.07 Å². The molecule has 0 saturated carbocycles. The minimum absolute atomic E-state index is 0.141. The van der Waals surface area contributed by atoms with Crippen LogP contribution < -0.4 is 11.5 Å². The molecule has 4 nitrogen and oxygen atoms in total. The molecule has 0 radical (unpaired) electrons. The molecule has 1 aromatic carbocycles. The molecule has 0 bridgehead atoms. The van der Waals surface area contributed by atoms with Gasteiger partial charge >= 0.3 is 0 Å². The van der Waals surface area contributed by atoms with Crippen LogP contribution in [0.25, 0.3) is 0 Å². The number of halogens is 1. The molecular formula is C8H7FN4. The number of nitrogens with zero attached hydrogens (tertiary/aromatic N) is 2. The molecule has 0 aromatic heterocycles. The molecule has 4 N–H and O–H groups in total. The molecule has 0 unspecified atom stereocenters. The topological polar surface area (TPSA) is 88.2 Å². The minimum atomic E-state index is -0.634. The van der Waals surface area contributed by atoms with Crippen LogP contribution >= 0.6 is 0 Å². The van der Waals surface area contributed by atoms with Gasteiger partial charge in [-0.2, -0.15) is 5.26 Å². The van der Waals surface area contributed by atoms with Crippen LogP contribution in [0.4, 0.5) is 10.1 Å². The molecule has 0 atom stereocenters. The van der Waals surface area contributed by atoms with Crippen LogP contribution in [-0.2, 0) is 0 Å². The Labute approximate surface area is 74.3 Å². The highest BCUT2D eigenvalue weighted by Crippen LogP contribution is 2.20. The third-order valence-electron chi connectivity index (χ3n) is 1.35. The first-order valence-electron chi connectivity index (χ1n) is 3.43. The molecule has 0 saturated heterocycles. The SMILES string of the molecule is N#Cc1c(F)cccc1N=C(N)N. The summed E-state index contributed by atoms with van der Waals surface area (Å²) in [5, 5.41) is 8.57. The summed E-state index contributed by atoms with van der Waals surface area (Å²) in [6, 6.07) is 5.74. The maximum absolute atomic E-state index is 12.9. The number of rotatable bonds is 1. The maximum Gasteiger partial charge on any atom is 0.191 e. The first-order valence-corrected chi connectivity index (χ1v) is 3.43. The molecule has 0 aliphatic heterocycles. The molecule has 0 heterocycles. The third kappa shape index (κ3) is 1.93. The molecule has 5 heteroatoms. The fourth-order valence-electron chi connectivity index (χ4n) is 0.856. The number of aliphatic imine (C=N–C) groups is 1. The monoisotopic (exact) mass is 178 g/mol. The fraction of sp³-hybridized carbons (Fsp3) is 0. The summed E-state index contributed by atoms with van der Waals surface area (Å²) >= 11 is 0. The van der Waals surface area contributed by atoms with E-state index in [0.717, 1.165) is 0 Å². The normalized spacial score (nSPS) is 8.92. The van der Waals surface area contributed by atoms with Gasteiger partial charge in [0.1, 0.15) is 17.4 Å². The molecule has 66 valence electrons. The fourth-order valence-corrected chi connectivity index (χ4v) is 0.856. The highest BCUT2D eigenvalue weighted by molar-refractivity contribution is 5.80. The minimum Gasteiger partial charge on any atom is -0.370 e. The van der Waals surface area contributed by atoms with Crippen molar-refractivity contribution in [3.05, 3.63) is 29.6 Å². The van der Waals surface area contributed by atoms with E-state index in [9.17, 15) is 4.39 Å². The largest absolute Gasteiger partial charge is 0.370 e. The number of nitrogens with two attached hydrogens (primary N) is 2. The summed E-state index contributed by atoms with van der Waals surface area (Å²) < 4.78 is 12.9. The van der Waals surface area contributed by atoms with E-state index >= 15 is 0 Å². The van der Waals surface area contributed by atoms with Crippen molar-refractivity contribution in [2.75, 3.05) is 0 Å². The van der Waals surface area contributed by atoms with Crippen molar-refractivity contribution >= 4 is 11.6 Å². The number of nitriles is 1. The van der Waals surface area contributed by atoms with E-state index in [4.69, 9.17) is 16.7 Å². The summed E-state index contributed by atoms with van der Waals surface area (Å²) in [7, 11) is 0. The Kier molecular flexibility index (Phi) is 2.45. The molecule has 0 aliphatic rings. The smallest absolute Gasteiger partial charge is 0.191 e. The Morgan fingerprint density at radius 1 is 1.46 bits per heavy atom. The van der Waals surface area contributed by atoms with E-state index < -0.39 is 5.82 Å². The van der Waals surface area contributed by atoms with Crippen LogP contribution in [0.15, 0.2) is 23.2 Å². The van der Waals surface area contributed by atoms with E-state index in [1.807, 2.05) is 0 Å². The number of guanidine groups is 1. The summed E-state index contributed by atoms with van der Waals surface area (Å²) in [5.74, 6) is -0.841. The van der Waals surface area contributed by atoms with Crippen LogP contribution in [0.1, 0.15) is 5.56 Å². The van der Waals surface area contributed by atoms with Crippen LogP contribution in [-0.4, -0.2) is 5.96 Å². The van der Waals surface area contributed by atoms with Crippen LogP contribution in [0.3, 0.4) is 0 Å². The Balaban J connectivity index is 3.31. The van der Waals surface area contributed by atoms with Crippen molar-refractivity contribution in [1.82, 2.24) is 0 Å². The van der Waals surface area contributed by atoms with Gasteiger partial charge in [-0.3, -0.25) is 0 Å². The molecular weight excluding hydrogens is 171 g/mol. The van der Waals surface area contributed by atoms with Gasteiger partial charge in [-0.25, -0.2) is 9.38 Å². The van der Waals surface area contributed by atoms with E-state index in [0.29, 0.717) is 0 Å². The molecule has 1 rings (SSSR count). The Hall–Kier alpha value is -2.09. The number of hydrogen-bond donors (Lipinski definition) is 2. The molecule has 1 aromatic rings. The van der Waals surface area contributed by atoms with E-state index in [-0.39, 0.29) is 17.2 Å². The quantitative estimate of drug-likeness (QED) is 0.487. The lowest BCUT2D eigenvalue weighted by Crippen LogP contribution is -2.22. The van der Waals surface area contributed by atoms with Crippen molar-refractivity contribution in [2.45, 2.75) is 0 Å². The molecule has 0 spiro atoms. The standard InChI is InChI=1S/C8H7FN4/c9-6-2-1-3-7(5(6)4-10)13-8(11)12/h1-3H,(H4,11,12,13). The lowest BCUT2D eigenvalue weighted by molar-refractivity contribution is 0.624. The summed E-state index contributed by atoms with van der Waals surface area (Å²) in [6.07, 6.45) is 0. The van der Waals surface area contributed by atoms with Crippen molar-refractivity contribution in [1.29, 1.82) is 5.26 Å². The number of hydrogen-bond acceptors (Lipinski definition) is 2. The van der Waals surface area contributed by atoms with Crippen molar-refractivity contribution in [3.63, 3.8) is 0 Å². The van der Waals surface area contributed by atoms with Crippen LogP contribution in [0.5, 0.6) is 0 Å². The maximum atomic E-state index is 12.9. The van der Waals surface area contributed by atoms with Gasteiger partial charge in [-0.1, -0.05) is 6.07 Å². The molecule has 0 fully saturated rings. The van der Waals surface area contributed by atoms with Gasteiger partial charge in [0.05, 0.1) is 5.69 Å². The Bertz CT molecular complexity index is 388. The van der Waals surface area contributed by atoms with Gasteiger partial charge in [0, 0.05) is 0 Å². The van der Waals surface area contributed by atoms with Gasteiger partial charge in [0.25, 0.3) is 0 Å². The van der Waals surface area contributed by atoms with Gasteiger partial charge in [-0.05, 0) is 12.1 Å². The van der Waals surface area contributed by atoms with Crippen molar-refractivity contribution in [2.24, 2.45) is 16.5 Å². The summed E-state index contributed by atoms with van der Waals surface area (Å²) in [6.45, 7) is 0. The first-order chi connectivity index (χ1) is 6.15. The third-order valence-corrected chi connectivity index (χ3v) is 1.35. The Morgan fingerprint density at radius 3 is 2.69 bits per heavy atom. The summed E-state index contributed by atoms with van der Waals surface area (Å²) in [5.41, 5.74) is 10.2. The zero-order chi connectivity index (χ0) is 9.84. The molecule has 0 aliphatic carbocycles. The number of benzene rings is 1. The summed E-state index contributed by atoms with van der Waals surface area (Å²) in [4.78, 5) is 3.60. The van der Waals surface area contributed by atoms with Crippen molar-refractivity contribution in [3.8, 4) is 6.07 Å². The average molecular weight is 178 g/mol. The van der Waals surface area contributed by atoms with Crippen LogP contribution in [0, 0.1) is 17.1 Å². The zero-order valence-corrected chi connectivity index (χ0v) is 6.66. The predicted molar refractivity (Wildman–Crippen MR) is 46.6 cm³/mol. The van der Waals surface area contributed by atoms with Gasteiger partial charge in [0.2, 0.25) is 0 Å². The second-order valence-electron chi connectivity index (χ2n) is 2.28. The van der Waals surface area contributed by atoms with Gasteiger partial charge in [-0.15, -0.1) is 0 Å².